The molecule has 0 unspecified atom stereocenters. The van der Waals surface area contributed by atoms with E-state index < -0.39 is 5.91 Å². The second kappa shape index (κ2) is 12.3. The molecule has 1 fully saturated rings. The first-order valence-corrected chi connectivity index (χ1v) is 13.0. The number of primary amides is 1. The smallest absolute Gasteiger partial charge is 0.252 e. The molecule has 0 saturated carbocycles. The number of amides is 1. The van der Waals surface area contributed by atoms with Crippen LogP contribution in [0.2, 0.25) is 0 Å². The van der Waals surface area contributed by atoms with Gasteiger partial charge in [0.25, 0.3) is 5.91 Å². The highest BCUT2D eigenvalue weighted by molar-refractivity contribution is 5.99. The van der Waals surface area contributed by atoms with Gasteiger partial charge in [-0.05, 0) is 66.9 Å². The second-order valence-corrected chi connectivity index (χ2v) is 9.08. The molecular formula is C30H33FN6O. The molecule has 196 valence electrons. The van der Waals surface area contributed by atoms with E-state index in [4.69, 9.17) is 5.73 Å². The van der Waals surface area contributed by atoms with Crippen LogP contribution in [0.4, 0.5) is 10.2 Å². The summed E-state index contributed by atoms with van der Waals surface area (Å²) >= 11 is 0. The monoisotopic (exact) mass is 512 g/mol. The molecule has 38 heavy (non-hydrogen) atoms. The number of aromatic amines is 1. The Morgan fingerprint density at radius 1 is 1.08 bits per heavy atom. The minimum absolute atomic E-state index is 0.314. The van der Waals surface area contributed by atoms with E-state index in [-0.39, 0.29) is 5.82 Å². The molecule has 0 aliphatic carbocycles. The van der Waals surface area contributed by atoms with Crippen molar-refractivity contribution in [1.82, 2.24) is 14.9 Å². The summed E-state index contributed by atoms with van der Waals surface area (Å²) in [5.41, 5.74) is 10.5. The minimum Gasteiger partial charge on any atom is -0.365 e. The number of carbonyl (C=O) groups excluding carboxylic acids is 1. The number of pyridine rings is 1. The van der Waals surface area contributed by atoms with Gasteiger partial charge in [0.2, 0.25) is 0 Å². The van der Waals surface area contributed by atoms with Gasteiger partial charge in [0.1, 0.15) is 11.6 Å². The molecule has 0 atom stereocenters. The Labute approximate surface area is 222 Å². The molecule has 3 heterocycles. The Morgan fingerprint density at radius 3 is 2.50 bits per heavy atom. The van der Waals surface area contributed by atoms with Crippen molar-refractivity contribution in [3.63, 3.8) is 0 Å². The number of fused-ring (bicyclic) bond motifs is 1. The number of H-pyrrole nitrogens is 1. The van der Waals surface area contributed by atoms with E-state index in [0.717, 1.165) is 67.6 Å². The first-order valence-electron chi connectivity index (χ1n) is 13.0. The number of benzene rings is 2. The van der Waals surface area contributed by atoms with Crippen molar-refractivity contribution in [2.24, 2.45) is 5.73 Å². The zero-order valence-corrected chi connectivity index (χ0v) is 21.9. The summed E-state index contributed by atoms with van der Waals surface area (Å²) in [6.07, 6.45) is 5.70. The standard InChI is InChI=1S/C28H27FN6O.C2H6/c29-23-6-4-20(5-7-23)22-15-25(27(31)36)28(33-18-22)35-12-10-34(11-13-35)9-1-2-21-17-32-26-8-3-19(16-30)14-24(21)26;1-2/h3-8,14-15,17-18,32H,1-2,9-13H2,(H2,31,36);1-2H3. The number of nitriles is 1. The van der Waals surface area contributed by atoms with E-state index in [9.17, 15) is 14.4 Å². The Bertz CT molecular complexity index is 1430. The summed E-state index contributed by atoms with van der Waals surface area (Å²) in [5, 5.41) is 10.3. The summed E-state index contributed by atoms with van der Waals surface area (Å²) < 4.78 is 13.3. The Hall–Kier alpha value is -4.22. The molecule has 0 radical (unpaired) electrons. The van der Waals surface area contributed by atoms with Crippen LogP contribution in [0, 0.1) is 17.1 Å². The highest BCUT2D eigenvalue weighted by Crippen LogP contribution is 2.26. The van der Waals surface area contributed by atoms with Crippen molar-refractivity contribution in [2.45, 2.75) is 26.7 Å². The Morgan fingerprint density at radius 2 is 1.82 bits per heavy atom. The number of nitrogens with zero attached hydrogens (tertiary/aromatic N) is 4. The largest absolute Gasteiger partial charge is 0.365 e. The lowest BCUT2D eigenvalue weighted by molar-refractivity contribution is 0.1000. The first kappa shape index (κ1) is 26.8. The van der Waals surface area contributed by atoms with Crippen molar-refractivity contribution in [2.75, 3.05) is 37.6 Å². The summed E-state index contributed by atoms with van der Waals surface area (Å²) in [7, 11) is 0. The third kappa shape index (κ3) is 6.01. The van der Waals surface area contributed by atoms with Gasteiger partial charge in [-0.15, -0.1) is 0 Å². The number of halogens is 1. The van der Waals surface area contributed by atoms with Gasteiger partial charge in [-0.3, -0.25) is 9.69 Å². The molecular weight excluding hydrogens is 479 g/mol. The van der Waals surface area contributed by atoms with E-state index in [2.05, 4.69) is 25.8 Å². The van der Waals surface area contributed by atoms with Gasteiger partial charge in [-0.25, -0.2) is 9.37 Å². The van der Waals surface area contributed by atoms with Crippen LogP contribution in [0.3, 0.4) is 0 Å². The van der Waals surface area contributed by atoms with E-state index >= 15 is 0 Å². The predicted octanol–water partition coefficient (Wildman–Crippen LogP) is 5.12. The van der Waals surface area contributed by atoms with Crippen LogP contribution in [0.25, 0.3) is 22.0 Å². The molecule has 4 aromatic rings. The average molecular weight is 513 g/mol. The molecule has 1 aliphatic heterocycles. The maximum Gasteiger partial charge on any atom is 0.252 e. The van der Waals surface area contributed by atoms with Crippen molar-refractivity contribution < 1.29 is 9.18 Å². The lowest BCUT2D eigenvalue weighted by Crippen LogP contribution is -2.47. The summed E-state index contributed by atoms with van der Waals surface area (Å²) in [6.45, 7) is 8.21. The van der Waals surface area contributed by atoms with Crippen LogP contribution >= 0.6 is 0 Å². The molecule has 8 heteroatoms. The molecule has 0 bridgehead atoms. The SMILES string of the molecule is CC.N#Cc1ccc2[nH]cc(CCCN3CCN(c4ncc(-c5ccc(F)cc5)cc4C(N)=O)CC3)c2c1. The van der Waals surface area contributed by atoms with Gasteiger partial charge in [-0.1, -0.05) is 26.0 Å². The average Bonchev–Trinajstić information content (AvgIpc) is 3.36. The molecule has 1 amide bonds. The van der Waals surface area contributed by atoms with Gasteiger partial charge < -0.3 is 15.6 Å². The number of piperazine rings is 1. The second-order valence-electron chi connectivity index (χ2n) is 9.08. The van der Waals surface area contributed by atoms with E-state index in [1.807, 2.05) is 38.2 Å². The normalized spacial score (nSPS) is 13.6. The number of aromatic nitrogens is 2. The Balaban J connectivity index is 0.00000164. The van der Waals surface area contributed by atoms with Crippen LogP contribution in [0.15, 0.2) is 60.9 Å². The number of carbonyl (C=O) groups is 1. The van der Waals surface area contributed by atoms with Crippen LogP contribution in [-0.4, -0.2) is 53.5 Å². The maximum atomic E-state index is 13.3. The van der Waals surface area contributed by atoms with Crippen molar-refractivity contribution in [3.05, 3.63) is 83.4 Å². The third-order valence-electron chi connectivity index (χ3n) is 6.80. The van der Waals surface area contributed by atoms with Gasteiger partial charge in [0, 0.05) is 55.0 Å². The predicted molar refractivity (Wildman–Crippen MR) is 149 cm³/mol. The van der Waals surface area contributed by atoms with Gasteiger partial charge in [-0.2, -0.15) is 5.26 Å². The topological polar surface area (TPSA) is 102 Å². The fourth-order valence-corrected chi connectivity index (χ4v) is 4.82. The van der Waals surface area contributed by atoms with E-state index in [1.54, 1.807) is 24.4 Å². The molecule has 5 rings (SSSR count). The van der Waals surface area contributed by atoms with Crippen LogP contribution in [0.1, 0.15) is 41.8 Å². The van der Waals surface area contributed by atoms with Crippen LogP contribution < -0.4 is 10.6 Å². The van der Waals surface area contributed by atoms with Crippen molar-refractivity contribution >= 4 is 22.6 Å². The summed E-state index contributed by atoms with van der Waals surface area (Å²) in [6, 6.07) is 15.8. The number of anilines is 1. The summed E-state index contributed by atoms with van der Waals surface area (Å²) in [5.74, 6) is -0.242. The highest BCUT2D eigenvalue weighted by Gasteiger charge is 2.22. The fourth-order valence-electron chi connectivity index (χ4n) is 4.82. The molecule has 1 aliphatic rings. The zero-order chi connectivity index (χ0) is 27.1. The summed E-state index contributed by atoms with van der Waals surface area (Å²) in [4.78, 5) is 24.6. The molecule has 7 nitrogen and oxygen atoms in total. The van der Waals surface area contributed by atoms with Gasteiger partial charge in [0.15, 0.2) is 0 Å². The fraction of sp³-hybridized carbons (Fsp3) is 0.300. The number of rotatable bonds is 7. The molecule has 3 N–H and O–H groups in total. The first-order chi connectivity index (χ1) is 18.5. The third-order valence-corrected chi connectivity index (χ3v) is 6.80. The van der Waals surface area contributed by atoms with Crippen molar-refractivity contribution in [1.29, 1.82) is 5.26 Å². The van der Waals surface area contributed by atoms with Gasteiger partial charge in [0.05, 0.1) is 17.2 Å². The van der Waals surface area contributed by atoms with E-state index in [1.165, 1.54) is 17.7 Å². The van der Waals surface area contributed by atoms with E-state index in [0.29, 0.717) is 16.9 Å². The van der Waals surface area contributed by atoms with Crippen molar-refractivity contribution in [3.8, 4) is 17.2 Å². The Kier molecular flexibility index (Phi) is 8.72. The number of hydrogen-bond donors (Lipinski definition) is 2. The number of nitrogens with two attached hydrogens (primary N) is 1. The quantitative estimate of drug-likeness (QED) is 0.358. The number of hydrogen-bond acceptors (Lipinski definition) is 5. The van der Waals surface area contributed by atoms with Crippen LogP contribution in [-0.2, 0) is 6.42 Å². The molecule has 1 saturated heterocycles. The number of aryl methyl sites for hydroxylation is 1. The molecule has 2 aromatic carbocycles. The molecule has 2 aromatic heterocycles. The minimum atomic E-state index is -0.526. The number of nitrogens with one attached hydrogen (secondary N) is 1. The van der Waals surface area contributed by atoms with Crippen LogP contribution in [0.5, 0.6) is 0 Å². The lowest BCUT2D eigenvalue weighted by atomic mass is 10.0. The molecule has 0 spiro atoms. The highest BCUT2D eigenvalue weighted by atomic mass is 19.1. The zero-order valence-electron chi connectivity index (χ0n) is 21.9. The maximum absolute atomic E-state index is 13.3. The van der Waals surface area contributed by atoms with Gasteiger partial charge >= 0.3 is 0 Å². The lowest BCUT2D eigenvalue weighted by Gasteiger charge is -2.36.